The summed E-state index contributed by atoms with van der Waals surface area (Å²) in [6, 6.07) is 17.2. The highest BCUT2D eigenvalue weighted by molar-refractivity contribution is 5.95. The van der Waals surface area contributed by atoms with Crippen LogP contribution in [0, 0.1) is 0 Å². The average molecular weight is 409 g/mol. The van der Waals surface area contributed by atoms with Crippen molar-refractivity contribution in [3.05, 3.63) is 65.7 Å². The summed E-state index contributed by atoms with van der Waals surface area (Å²) >= 11 is 0. The van der Waals surface area contributed by atoms with Crippen LogP contribution in [0.3, 0.4) is 0 Å². The summed E-state index contributed by atoms with van der Waals surface area (Å²) < 4.78 is 0. The van der Waals surface area contributed by atoms with Crippen LogP contribution >= 0.6 is 0 Å². The molecule has 1 saturated heterocycles. The van der Waals surface area contributed by atoms with E-state index in [0.29, 0.717) is 18.7 Å². The summed E-state index contributed by atoms with van der Waals surface area (Å²) in [6.07, 6.45) is 1.29. The Morgan fingerprint density at radius 1 is 0.967 bits per heavy atom. The van der Waals surface area contributed by atoms with Crippen molar-refractivity contribution in [3.63, 3.8) is 0 Å². The highest BCUT2D eigenvalue weighted by Crippen LogP contribution is 2.13. The van der Waals surface area contributed by atoms with E-state index in [2.05, 4.69) is 33.4 Å². The van der Waals surface area contributed by atoms with Gasteiger partial charge in [-0.1, -0.05) is 42.5 Å². The number of hydrogen-bond acceptors (Lipinski definition) is 5. The normalized spacial score (nSPS) is 17.9. The highest BCUT2D eigenvalue weighted by Gasteiger charge is 2.30. The van der Waals surface area contributed by atoms with E-state index in [1.165, 1.54) is 5.56 Å². The van der Waals surface area contributed by atoms with E-state index in [9.17, 15) is 14.4 Å². The highest BCUT2D eigenvalue weighted by atomic mass is 16.2. The van der Waals surface area contributed by atoms with Crippen LogP contribution in [0.2, 0.25) is 0 Å². The average Bonchev–Trinajstić information content (AvgIpc) is 3.22. The molecule has 0 aromatic heterocycles. The van der Waals surface area contributed by atoms with Crippen LogP contribution in [0.4, 0.5) is 5.69 Å². The first-order chi connectivity index (χ1) is 14.5. The minimum absolute atomic E-state index is 0.0826. The van der Waals surface area contributed by atoms with Gasteiger partial charge in [-0.25, -0.2) is 0 Å². The van der Waals surface area contributed by atoms with Crippen molar-refractivity contribution in [1.29, 1.82) is 0 Å². The van der Waals surface area contributed by atoms with Crippen molar-refractivity contribution < 1.29 is 14.4 Å². The molecule has 2 aromatic rings. The third-order valence-electron chi connectivity index (χ3n) is 4.91. The molecule has 8 heteroatoms. The molecule has 1 aliphatic heterocycles. The minimum atomic E-state index is -0.446. The lowest BCUT2D eigenvalue weighted by atomic mass is 10.0. The Morgan fingerprint density at radius 3 is 2.37 bits per heavy atom. The van der Waals surface area contributed by atoms with Crippen LogP contribution in [0.25, 0.3) is 0 Å². The molecule has 0 bridgehead atoms. The van der Waals surface area contributed by atoms with Crippen LogP contribution in [0.5, 0.6) is 0 Å². The quantitative estimate of drug-likeness (QED) is 0.424. The summed E-state index contributed by atoms with van der Waals surface area (Å²) in [4.78, 5) is 35.7. The van der Waals surface area contributed by atoms with Crippen LogP contribution in [0.1, 0.15) is 17.5 Å². The lowest BCUT2D eigenvalue weighted by Gasteiger charge is -2.12. The molecular formula is C22H27N5O3. The van der Waals surface area contributed by atoms with Gasteiger partial charge in [0.1, 0.15) is 0 Å². The van der Waals surface area contributed by atoms with Crippen molar-refractivity contribution in [2.75, 3.05) is 25.0 Å². The second-order valence-electron chi connectivity index (χ2n) is 7.29. The van der Waals surface area contributed by atoms with Gasteiger partial charge < -0.3 is 27.0 Å². The van der Waals surface area contributed by atoms with Gasteiger partial charge in [0.15, 0.2) is 0 Å². The number of hydrogen-bond donors (Lipinski definition) is 5. The molecular weight excluding hydrogens is 382 g/mol. The van der Waals surface area contributed by atoms with Crippen LogP contribution in [-0.2, 0) is 20.8 Å². The predicted molar refractivity (Wildman–Crippen MR) is 115 cm³/mol. The molecule has 0 spiro atoms. The van der Waals surface area contributed by atoms with Crippen LogP contribution in [-0.4, -0.2) is 49.4 Å². The monoisotopic (exact) mass is 409 g/mol. The van der Waals surface area contributed by atoms with Gasteiger partial charge in [-0.2, -0.15) is 0 Å². The Labute approximate surface area is 175 Å². The molecule has 0 saturated carbocycles. The van der Waals surface area contributed by atoms with E-state index in [1.807, 2.05) is 42.5 Å². The zero-order valence-electron chi connectivity index (χ0n) is 16.7. The molecule has 1 aliphatic rings. The predicted octanol–water partition coefficient (Wildman–Crippen LogP) is 0.138. The Kier molecular flexibility index (Phi) is 7.53. The maximum atomic E-state index is 12.2. The van der Waals surface area contributed by atoms with E-state index in [-0.39, 0.29) is 36.9 Å². The Hall–Kier alpha value is -3.23. The van der Waals surface area contributed by atoms with Crippen molar-refractivity contribution in [2.24, 2.45) is 5.73 Å². The molecule has 2 aromatic carbocycles. The van der Waals surface area contributed by atoms with Gasteiger partial charge in [0.05, 0.1) is 19.1 Å². The van der Waals surface area contributed by atoms with Gasteiger partial charge in [0.25, 0.3) is 0 Å². The van der Waals surface area contributed by atoms with Gasteiger partial charge in [-0.05, 0) is 36.1 Å². The van der Waals surface area contributed by atoms with E-state index < -0.39 is 6.04 Å². The van der Waals surface area contributed by atoms with Gasteiger partial charge in [-0.15, -0.1) is 0 Å². The molecule has 3 rings (SSSR count). The number of benzene rings is 2. The molecule has 6 N–H and O–H groups in total. The van der Waals surface area contributed by atoms with Gasteiger partial charge in [-0.3, -0.25) is 14.4 Å². The summed E-state index contributed by atoms with van der Waals surface area (Å²) in [5.74, 6) is -0.824. The fourth-order valence-corrected chi connectivity index (χ4v) is 3.37. The third kappa shape index (κ3) is 6.40. The number of nitrogens with two attached hydrogens (primary N) is 1. The second kappa shape index (κ2) is 10.5. The van der Waals surface area contributed by atoms with Gasteiger partial charge in [0, 0.05) is 18.3 Å². The summed E-state index contributed by atoms with van der Waals surface area (Å²) in [5, 5.41) is 11.2. The van der Waals surface area contributed by atoms with E-state index in [4.69, 9.17) is 5.73 Å². The van der Waals surface area contributed by atoms with Crippen molar-refractivity contribution in [3.8, 4) is 0 Å². The first kappa shape index (κ1) is 21.5. The fourth-order valence-electron chi connectivity index (χ4n) is 3.37. The van der Waals surface area contributed by atoms with Crippen molar-refractivity contribution in [2.45, 2.75) is 24.9 Å². The number of nitrogens with one attached hydrogen (secondary N) is 4. The Morgan fingerprint density at radius 2 is 1.67 bits per heavy atom. The molecule has 1 heterocycles. The minimum Gasteiger partial charge on any atom is -0.351 e. The lowest BCUT2D eigenvalue weighted by Crippen LogP contribution is -2.43. The second-order valence-corrected chi connectivity index (χ2v) is 7.29. The summed E-state index contributed by atoms with van der Waals surface area (Å²) in [5.41, 5.74) is 8.32. The third-order valence-corrected chi connectivity index (χ3v) is 4.91. The van der Waals surface area contributed by atoms with Crippen molar-refractivity contribution in [1.82, 2.24) is 16.0 Å². The lowest BCUT2D eigenvalue weighted by molar-refractivity contribution is -0.125. The summed E-state index contributed by atoms with van der Waals surface area (Å²) in [6.45, 7) is 0.286. The zero-order valence-corrected chi connectivity index (χ0v) is 16.7. The largest absolute Gasteiger partial charge is 0.351 e. The summed E-state index contributed by atoms with van der Waals surface area (Å²) in [7, 11) is 0. The first-order valence-electron chi connectivity index (χ1n) is 9.96. The number of anilines is 1. The van der Waals surface area contributed by atoms with E-state index in [0.717, 1.165) is 12.0 Å². The number of carbonyl (C=O) groups excluding carboxylic acids is 3. The molecule has 158 valence electrons. The molecule has 30 heavy (non-hydrogen) atoms. The SMILES string of the molecule is NCC(=O)NC1CN[C@H](C(=O)NCC(=O)Nc2ccc(Cc3ccccc3)cc2)C1. The smallest absolute Gasteiger partial charge is 0.243 e. The zero-order chi connectivity index (χ0) is 21.3. The standard InChI is InChI=1S/C22H27N5O3/c23-12-20(28)27-18-11-19(24-13-18)22(30)25-14-21(29)26-17-8-6-16(7-9-17)10-15-4-2-1-3-5-15/h1-9,18-19,24H,10-14,23H2,(H,25,30)(H,26,29)(H,27,28)/t18?,19-/m0/s1. The molecule has 0 radical (unpaired) electrons. The molecule has 8 nitrogen and oxygen atoms in total. The first-order valence-corrected chi connectivity index (χ1v) is 9.96. The van der Waals surface area contributed by atoms with E-state index in [1.54, 1.807) is 0 Å². The Balaban J connectivity index is 1.40. The molecule has 0 aliphatic carbocycles. The molecule has 1 unspecified atom stereocenters. The Bertz CT molecular complexity index is 870. The van der Waals surface area contributed by atoms with Gasteiger partial charge in [0.2, 0.25) is 17.7 Å². The molecule has 3 amide bonds. The number of carbonyl (C=O) groups is 3. The maximum Gasteiger partial charge on any atom is 0.243 e. The molecule has 1 fully saturated rings. The van der Waals surface area contributed by atoms with Crippen LogP contribution in [0.15, 0.2) is 54.6 Å². The molecule has 2 atom stereocenters. The topological polar surface area (TPSA) is 125 Å². The van der Waals surface area contributed by atoms with Gasteiger partial charge >= 0.3 is 0 Å². The fraction of sp³-hybridized carbons (Fsp3) is 0.318. The number of amides is 3. The van der Waals surface area contributed by atoms with E-state index >= 15 is 0 Å². The maximum absolute atomic E-state index is 12.2. The van der Waals surface area contributed by atoms with Crippen molar-refractivity contribution >= 4 is 23.4 Å². The van der Waals surface area contributed by atoms with Crippen LogP contribution < -0.4 is 27.0 Å². The number of rotatable bonds is 8.